The molecule has 11 aromatic carbocycles. The number of fused-ring (bicyclic) bond motifs is 11. The predicted octanol–water partition coefficient (Wildman–Crippen LogP) is 15.4. The van der Waals surface area contributed by atoms with Gasteiger partial charge in [-0.05, 0) is 125 Å². The second-order valence-electron chi connectivity index (χ2n) is 19.2. The topological polar surface area (TPSA) is 6.48 Å². The molecule has 0 aromatic heterocycles. The quantitative estimate of drug-likeness (QED) is 0.159. The number of hydrogen-bond acceptors (Lipinski definition) is 2. The lowest BCUT2D eigenvalue weighted by atomic mass is 9.33. The summed E-state index contributed by atoms with van der Waals surface area (Å²) in [5.41, 5.74) is 23.6. The van der Waals surface area contributed by atoms with E-state index in [9.17, 15) is 0 Å². The highest BCUT2D eigenvalue weighted by Gasteiger charge is 2.45. The van der Waals surface area contributed by atoms with Crippen LogP contribution in [0.3, 0.4) is 0 Å². The van der Waals surface area contributed by atoms with Crippen molar-refractivity contribution in [1.82, 2.24) is 0 Å². The average molecular weight is 865 g/mol. The smallest absolute Gasteiger partial charge is 0.252 e. The van der Waals surface area contributed by atoms with Gasteiger partial charge in [0.2, 0.25) is 0 Å². The minimum atomic E-state index is -0.0829. The Morgan fingerprint density at radius 2 is 0.779 bits per heavy atom. The van der Waals surface area contributed by atoms with Gasteiger partial charge in [-0.3, -0.25) is 0 Å². The normalized spacial score (nSPS) is 13.8. The van der Waals surface area contributed by atoms with Crippen molar-refractivity contribution in [3.63, 3.8) is 0 Å². The molecule has 68 heavy (non-hydrogen) atoms. The van der Waals surface area contributed by atoms with Crippen molar-refractivity contribution in [1.29, 1.82) is 0 Å². The van der Waals surface area contributed by atoms with E-state index in [-0.39, 0.29) is 12.1 Å². The minimum absolute atomic E-state index is 0.0272. The number of hydrogen-bond donors (Lipinski definition) is 0. The van der Waals surface area contributed by atoms with E-state index in [0.717, 1.165) is 11.4 Å². The van der Waals surface area contributed by atoms with Crippen LogP contribution in [-0.2, 0) is 5.41 Å². The second-order valence-corrected chi connectivity index (χ2v) is 19.2. The van der Waals surface area contributed by atoms with Crippen LogP contribution in [0.15, 0.2) is 237 Å². The van der Waals surface area contributed by atoms with E-state index in [0.29, 0.717) is 0 Å². The number of anilines is 6. The van der Waals surface area contributed by atoms with Gasteiger partial charge in [0.1, 0.15) is 0 Å². The van der Waals surface area contributed by atoms with Crippen LogP contribution in [0.1, 0.15) is 25.0 Å². The van der Waals surface area contributed by atoms with Crippen molar-refractivity contribution < 1.29 is 0 Å². The summed E-state index contributed by atoms with van der Waals surface area (Å²) in [6.07, 6.45) is 0. The lowest BCUT2D eigenvalue weighted by Crippen LogP contribution is -2.61. The maximum absolute atomic E-state index is 2.58. The van der Waals surface area contributed by atoms with Crippen LogP contribution < -0.4 is 26.2 Å². The van der Waals surface area contributed by atoms with Crippen molar-refractivity contribution in [2.45, 2.75) is 19.3 Å². The SMILES string of the molecule is CC1(C)c2ccccc2-c2cc(-c3cc4c5c(c3)N(c3ccc(-c6ccccc6)cc3)c3c(ccc6ccccc36)B5c3ccc5ccccc5c3N4c3ccc(-c4ccccc4)cc3)ccc21. The van der Waals surface area contributed by atoms with Gasteiger partial charge in [0.25, 0.3) is 6.71 Å². The Bertz CT molecular complexity index is 3620. The molecule has 3 heteroatoms. The molecule has 0 bridgehead atoms. The molecular weight excluding hydrogens is 820 g/mol. The van der Waals surface area contributed by atoms with Gasteiger partial charge in [0.05, 0.1) is 0 Å². The molecule has 3 aliphatic rings. The van der Waals surface area contributed by atoms with Gasteiger partial charge >= 0.3 is 0 Å². The van der Waals surface area contributed by atoms with Crippen molar-refractivity contribution in [2.24, 2.45) is 0 Å². The van der Waals surface area contributed by atoms with Crippen LogP contribution in [-0.4, -0.2) is 6.71 Å². The van der Waals surface area contributed by atoms with Crippen molar-refractivity contribution in [3.8, 4) is 44.5 Å². The lowest BCUT2D eigenvalue weighted by Gasteiger charge is -2.45. The monoisotopic (exact) mass is 864 g/mol. The Labute approximate surface area is 398 Å². The average Bonchev–Trinajstić information content (AvgIpc) is 3.63. The second kappa shape index (κ2) is 14.8. The number of benzene rings is 11. The molecule has 0 unspecified atom stereocenters. The third-order valence-corrected chi connectivity index (χ3v) is 15.2. The number of rotatable bonds is 5. The molecule has 0 fully saturated rings. The van der Waals surface area contributed by atoms with Crippen molar-refractivity contribution in [3.05, 3.63) is 248 Å². The van der Waals surface area contributed by atoms with E-state index >= 15 is 0 Å². The van der Waals surface area contributed by atoms with Gasteiger partial charge in [0, 0.05) is 50.3 Å². The lowest BCUT2D eigenvalue weighted by molar-refractivity contribution is 0.660. The molecule has 0 saturated carbocycles. The van der Waals surface area contributed by atoms with Crippen LogP contribution in [0.4, 0.5) is 34.1 Å². The summed E-state index contributed by atoms with van der Waals surface area (Å²) in [7, 11) is 0. The largest absolute Gasteiger partial charge is 0.311 e. The fraction of sp³-hybridized carbons (Fsp3) is 0.0462. The molecule has 14 rings (SSSR count). The van der Waals surface area contributed by atoms with Gasteiger partial charge in [-0.2, -0.15) is 0 Å². The standard InChI is InChI=1S/C65H45BN2/c1-65(2)56-24-14-13-23-54(56)55-39-48(29-36-57(55)65)49-40-60-62-61(41-49)68(51-34-27-45(28-35-51)43-17-7-4-8-18-43)64-53-22-12-10-20-47(53)31-38-59(64)66(62)58-37-30-46-19-9-11-21-52(46)63(58)67(60)50-32-25-44(26-33-50)42-15-5-3-6-16-42/h3-41H,1-2H3. The maximum Gasteiger partial charge on any atom is 0.252 e. The van der Waals surface area contributed by atoms with Gasteiger partial charge in [-0.1, -0.05) is 208 Å². The van der Waals surface area contributed by atoms with Gasteiger partial charge in [-0.15, -0.1) is 0 Å². The fourth-order valence-electron chi connectivity index (χ4n) is 12.0. The first kappa shape index (κ1) is 38.8. The van der Waals surface area contributed by atoms with Gasteiger partial charge < -0.3 is 9.80 Å². The van der Waals surface area contributed by atoms with E-state index < -0.39 is 0 Å². The van der Waals surface area contributed by atoms with Crippen LogP contribution in [0.5, 0.6) is 0 Å². The molecule has 0 amide bonds. The van der Waals surface area contributed by atoms with Gasteiger partial charge in [0.15, 0.2) is 0 Å². The Kier molecular flexibility index (Phi) is 8.46. The highest BCUT2D eigenvalue weighted by Crippen LogP contribution is 2.52. The first-order valence-corrected chi connectivity index (χ1v) is 23.9. The Hall–Kier alpha value is -8.40. The summed E-state index contributed by atoms with van der Waals surface area (Å²) in [6.45, 7) is 4.71. The summed E-state index contributed by atoms with van der Waals surface area (Å²) < 4.78 is 0. The van der Waals surface area contributed by atoms with Crippen LogP contribution in [0.2, 0.25) is 0 Å². The van der Waals surface area contributed by atoms with E-state index in [1.807, 2.05) is 0 Å². The summed E-state index contributed by atoms with van der Waals surface area (Å²) in [6, 6.07) is 88.5. The summed E-state index contributed by atoms with van der Waals surface area (Å²) in [5, 5.41) is 4.94. The highest BCUT2D eigenvalue weighted by atomic mass is 15.2. The van der Waals surface area contributed by atoms with Crippen LogP contribution in [0, 0.1) is 0 Å². The molecule has 2 heterocycles. The zero-order chi connectivity index (χ0) is 45.1. The minimum Gasteiger partial charge on any atom is -0.311 e. The number of nitrogens with zero attached hydrogens (tertiary/aromatic N) is 2. The molecule has 0 saturated heterocycles. The molecule has 1 aliphatic carbocycles. The summed E-state index contributed by atoms with van der Waals surface area (Å²) >= 11 is 0. The Morgan fingerprint density at radius 1 is 0.338 bits per heavy atom. The summed E-state index contributed by atoms with van der Waals surface area (Å²) in [5.74, 6) is 0. The molecular formula is C65H45BN2. The van der Waals surface area contributed by atoms with E-state index in [1.54, 1.807) is 0 Å². The Balaban J connectivity index is 1.09. The molecule has 0 radical (unpaired) electrons. The van der Waals surface area contributed by atoms with E-state index in [2.05, 4.69) is 260 Å². The molecule has 2 nitrogen and oxygen atoms in total. The van der Waals surface area contributed by atoms with E-state index in [1.165, 1.54) is 116 Å². The molecule has 0 N–H and O–H groups in total. The molecule has 318 valence electrons. The first-order chi connectivity index (χ1) is 33.5. The zero-order valence-electron chi connectivity index (χ0n) is 38.0. The van der Waals surface area contributed by atoms with Crippen LogP contribution >= 0.6 is 0 Å². The maximum atomic E-state index is 2.58. The van der Waals surface area contributed by atoms with Crippen molar-refractivity contribution >= 4 is 78.8 Å². The third-order valence-electron chi connectivity index (χ3n) is 15.2. The zero-order valence-corrected chi connectivity index (χ0v) is 38.0. The highest BCUT2D eigenvalue weighted by molar-refractivity contribution is 7.00. The van der Waals surface area contributed by atoms with Gasteiger partial charge in [-0.25, -0.2) is 0 Å². The first-order valence-electron chi connectivity index (χ1n) is 23.9. The summed E-state index contributed by atoms with van der Waals surface area (Å²) in [4.78, 5) is 5.17. The molecule has 0 atom stereocenters. The third kappa shape index (κ3) is 5.72. The fourth-order valence-corrected chi connectivity index (χ4v) is 12.0. The molecule has 0 spiro atoms. The molecule has 11 aromatic rings. The van der Waals surface area contributed by atoms with Crippen LogP contribution in [0.25, 0.3) is 66.1 Å². The van der Waals surface area contributed by atoms with E-state index in [4.69, 9.17) is 0 Å². The Morgan fingerprint density at radius 3 is 1.32 bits per heavy atom. The predicted molar refractivity (Wildman–Crippen MR) is 289 cm³/mol. The van der Waals surface area contributed by atoms with Crippen molar-refractivity contribution in [2.75, 3.05) is 9.80 Å². The molecule has 2 aliphatic heterocycles.